The van der Waals surface area contributed by atoms with Crippen LogP contribution in [0, 0.1) is 5.82 Å². The minimum Gasteiger partial charge on any atom is -0.432 e. The van der Waals surface area contributed by atoms with Gasteiger partial charge in [-0.05, 0) is 39.7 Å². The number of ether oxygens (including phenoxy) is 1. The molecule has 0 unspecified atom stereocenters. The zero-order valence-corrected chi connectivity index (χ0v) is 12.7. The molecule has 0 amide bonds. The molecule has 0 aliphatic heterocycles. The van der Waals surface area contributed by atoms with Gasteiger partial charge < -0.3 is 4.74 Å². The number of halogens is 6. The summed E-state index contributed by atoms with van der Waals surface area (Å²) < 4.78 is 68.4. The van der Waals surface area contributed by atoms with Crippen LogP contribution in [-0.2, 0) is 5.92 Å². The lowest BCUT2D eigenvalue weighted by atomic mass is 10.1. The average Bonchev–Trinajstić information content (AvgIpc) is 2.39. The second kappa shape index (κ2) is 6.20. The summed E-state index contributed by atoms with van der Waals surface area (Å²) in [5.74, 6) is -4.72. The Balaban J connectivity index is 2.42. The first-order valence-corrected chi connectivity index (χ1v) is 6.76. The van der Waals surface area contributed by atoms with Crippen molar-refractivity contribution in [1.29, 1.82) is 0 Å². The van der Waals surface area contributed by atoms with E-state index >= 15 is 0 Å². The fraction of sp³-hybridized carbons (Fsp3) is 0.214. The first-order chi connectivity index (χ1) is 10.2. The zero-order chi connectivity index (χ0) is 16.5. The van der Waals surface area contributed by atoms with E-state index in [-0.39, 0.29) is 4.47 Å². The molecule has 1 aromatic heterocycles. The van der Waals surface area contributed by atoms with Gasteiger partial charge in [-0.2, -0.15) is 17.6 Å². The van der Waals surface area contributed by atoms with Crippen molar-refractivity contribution < 1.29 is 26.7 Å². The van der Waals surface area contributed by atoms with Gasteiger partial charge in [-0.1, -0.05) is 6.07 Å². The van der Waals surface area contributed by atoms with Gasteiger partial charge in [0.05, 0.1) is 0 Å². The molecule has 2 aromatic rings. The lowest BCUT2D eigenvalue weighted by molar-refractivity contribution is -0.0521. The number of hydrogen-bond donors (Lipinski definition) is 0. The Bertz CT molecular complexity index is 687. The third-order valence-electron chi connectivity index (χ3n) is 2.74. The van der Waals surface area contributed by atoms with Crippen LogP contribution in [0.1, 0.15) is 12.6 Å². The highest BCUT2D eigenvalue weighted by Gasteiger charge is 2.29. The second-order valence-electron chi connectivity index (χ2n) is 4.47. The molecule has 1 heterocycles. The number of alkyl halides is 4. The van der Waals surface area contributed by atoms with E-state index in [1.165, 1.54) is 12.1 Å². The molecular formula is C14H9BrF5NO. The Hall–Kier alpha value is -1.70. The van der Waals surface area contributed by atoms with E-state index in [0.717, 1.165) is 18.3 Å². The fourth-order valence-corrected chi connectivity index (χ4v) is 2.49. The molecule has 2 nitrogen and oxygen atoms in total. The maximum absolute atomic E-state index is 13.4. The Kier molecular flexibility index (Phi) is 4.69. The predicted octanol–water partition coefficient (Wildman–Crippen LogP) is 5.36. The van der Waals surface area contributed by atoms with Crippen LogP contribution in [0.25, 0.3) is 11.1 Å². The molecule has 0 aliphatic rings. The number of rotatable bonds is 4. The van der Waals surface area contributed by atoms with Crippen LogP contribution in [0.2, 0.25) is 0 Å². The average molecular weight is 382 g/mol. The standard InChI is InChI=1S/C14H9BrF5NO/c1-14(19,20)12-9(15)4-8(6-21-12)7-2-3-10(16)11(5-7)22-13(17)18/h2-6,13H,1H3. The van der Waals surface area contributed by atoms with Gasteiger partial charge in [0.25, 0.3) is 5.92 Å². The molecule has 0 aliphatic carbocycles. The van der Waals surface area contributed by atoms with E-state index in [4.69, 9.17) is 0 Å². The van der Waals surface area contributed by atoms with E-state index in [2.05, 4.69) is 25.7 Å². The summed E-state index contributed by atoms with van der Waals surface area (Å²) in [4.78, 5) is 3.66. The maximum Gasteiger partial charge on any atom is 0.387 e. The summed E-state index contributed by atoms with van der Waals surface area (Å²) in [5, 5.41) is 0. The van der Waals surface area contributed by atoms with Crippen molar-refractivity contribution in [3.05, 3.63) is 46.4 Å². The van der Waals surface area contributed by atoms with Gasteiger partial charge in [0.2, 0.25) is 0 Å². The first kappa shape index (κ1) is 16.7. The molecule has 0 fully saturated rings. The highest BCUT2D eigenvalue weighted by molar-refractivity contribution is 9.10. The topological polar surface area (TPSA) is 22.1 Å². The number of pyridine rings is 1. The van der Waals surface area contributed by atoms with Gasteiger partial charge in [0.15, 0.2) is 11.6 Å². The van der Waals surface area contributed by atoms with Crippen molar-refractivity contribution in [3.8, 4) is 16.9 Å². The van der Waals surface area contributed by atoms with Crippen molar-refractivity contribution in [2.45, 2.75) is 19.5 Å². The van der Waals surface area contributed by atoms with E-state index < -0.39 is 29.8 Å². The zero-order valence-electron chi connectivity index (χ0n) is 11.1. The molecule has 0 saturated carbocycles. The minimum absolute atomic E-state index is 0.0538. The van der Waals surface area contributed by atoms with Crippen molar-refractivity contribution in [1.82, 2.24) is 4.98 Å². The summed E-state index contributed by atoms with van der Waals surface area (Å²) >= 11 is 2.99. The Morgan fingerprint density at radius 1 is 1.18 bits per heavy atom. The highest BCUT2D eigenvalue weighted by atomic mass is 79.9. The summed E-state index contributed by atoms with van der Waals surface area (Å²) in [7, 11) is 0. The van der Waals surface area contributed by atoms with E-state index in [1.54, 1.807) is 0 Å². The summed E-state index contributed by atoms with van der Waals surface area (Å²) in [5.41, 5.74) is 0.192. The maximum atomic E-state index is 13.4. The van der Waals surface area contributed by atoms with Gasteiger partial charge in [-0.3, -0.25) is 4.98 Å². The molecule has 0 N–H and O–H groups in total. The van der Waals surface area contributed by atoms with Crippen LogP contribution in [-0.4, -0.2) is 11.6 Å². The largest absolute Gasteiger partial charge is 0.432 e. The Morgan fingerprint density at radius 3 is 2.41 bits per heavy atom. The summed E-state index contributed by atoms with van der Waals surface area (Å²) in [6.07, 6.45) is 1.15. The summed E-state index contributed by atoms with van der Waals surface area (Å²) in [6.45, 7) is -2.47. The van der Waals surface area contributed by atoms with Gasteiger partial charge >= 0.3 is 6.61 Å². The first-order valence-electron chi connectivity index (χ1n) is 5.97. The van der Waals surface area contributed by atoms with Crippen LogP contribution in [0.5, 0.6) is 5.75 Å². The van der Waals surface area contributed by atoms with Crippen molar-refractivity contribution >= 4 is 15.9 Å². The van der Waals surface area contributed by atoms with E-state index in [9.17, 15) is 22.0 Å². The van der Waals surface area contributed by atoms with Crippen molar-refractivity contribution in [3.63, 3.8) is 0 Å². The van der Waals surface area contributed by atoms with Gasteiger partial charge in [0, 0.05) is 23.2 Å². The lowest BCUT2D eigenvalue weighted by Crippen LogP contribution is -2.10. The van der Waals surface area contributed by atoms with Crippen LogP contribution in [0.4, 0.5) is 22.0 Å². The number of benzene rings is 1. The molecule has 0 bridgehead atoms. The molecule has 0 atom stereocenters. The van der Waals surface area contributed by atoms with Crippen LogP contribution in [0.3, 0.4) is 0 Å². The van der Waals surface area contributed by atoms with Gasteiger partial charge in [0.1, 0.15) is 5.69 Å². The molecule has 0 radical (unpaired) electrons. The van der Waals surface area contributed by atoms with E-state index in [1.807, 2.05) is 0 Å². The molecule has 0 saturated heterocycles. The third-order valence-corrected chi connectivity index (χ3v) is 3.34. The van der Waals surface area contributed by atoms with Crippen LogP contribution < -0.4 is 4.74 Å². The molecule has 8 heteroatoms. The van der Waals surface area contributed by atoms with Crippen LogP contribution in [0.15, 0.2) is 34.9 Å². The van der Waals surface area contributed by atoms with Crippen molar-refractivity contribution in [2.24, 2.45) is 0 Å². The third kappa shape index (κ3) is 3.73. The number of nitrogens with zero attached hydrogens (tertiary/aromatic N) is 1. The summed E-state index contributed by atoms with van der Waals surface area (Å²) in [6, 6.07) is 4.65. The van der Waals surface area contributed by atoms with E-state index in [0.29, 0.717) is 18.1 Å². The molecule has 22 heavy (non-hydrogen) atoms. The lowest BCUT2D eigenvalue weighted by Gasteiger charge is -2.13. The monoisotopic (exact) mass is 381 g/mol. The van der Waals surface area contributed by atoms with Gasteiger partial charge in [-0.25, -0.2) is 4.39 Å². The molecule has 1 aromatic carbocycles. The normalized spacial score (nSPS) is 11.8. The molecular weight excluding hydrogens is 373 g/mol. The van der Waals surface area contributed by atoms with Crippen LogP contribution >= 0.6 is 15.9 Å². The highest BCUT2D eigenvalue weighted by Crippen LogP contribution is 2.34. The van der Waals surface area contributed by atoms with Gasteiger partial charge in [-0.15, -0.1) is 0 Å². The fourth-order valence-electron chi connectivity index (χ4n) is 1.79. The Labute approximate surface area is 131 Å². The second-order valence-corrected chi connectivity index (χ2v) is 5.32. The molecule has 118 valence electrons. The minimum atomic E-state index is -3.17. The molecule has 0 spiro atoms. The SMILES string of the molecule is CC(F)(F)c1ncc(-c2ccc(F)c(OC(F)F)c2)cc1Br. The smallest absolute Gasteiger partial charge is 0.387 e. The number of aromatic nitrogens is 1. The number of hydrogen-bond acceptors (Lipinski definition) is 2. The Morgan fingerprint density at radius 2 is 1.86 bits per heavy atom. The predicted molar refractivity (Wildman–Crippen MR) is 73.5 cm³/mol. The van der Waals surface area contributed by atoms with Crippen molar-refractivity contribution in [2.75, 3.05) is 0 Å². The quantitative estimate of drug-likeness (QED) is 0.664. The molecule has 2 rings (SSSR count).